The van der Waals surface area contributed by atoms with Crippen LogP contribution < -0.4 is 0 Å². The van der Waals surface area contributed by atoms with E-state index < -0.39 is 5.60 Å². The van der Waals surface area contributed by atoms with Gasteiger partial charge in [0.15, 0.2) is 0 Å². The molecule has 0 unspecified atom stereocenters. The summed E-state index contributed by atoms with van der Waals surface area (Å²) in [5.41, 5.74) is 0.497. The van der Waals surface area contributed by atoms with Crippen LogP contribution in [0.4, 0.5) is 0 Å². The number of pyridine rings is 1. The van der Waals surface area contributed by atoms with Crippen molar-refractivity contribution in [3.8, 4) is 11.8 Å². The molecule has 2 heterocycles. The van der Waals surface area contributed by atoms with Crippen LogP contribution in [-0.4, -0.2) is 20.7 Å². The van der Waals surface area contributed by atoms with Crippen LogP contribution in [0.5, 0.6) is 0 Å². The van der Waals surface area contributed by atoms with E-state index in [0.717, 1.165) is 11.0 Å². The summed E-state index contributed by atoms with van der Waals surface area (Å²) in [6.45, 7) is 3.29. The Kier molecular flexibility index (Phi) is 2.22. The molecule has 0 aliphatic carbocycles. The summed E-state index contributed by atoms with van der Waals surface area (Å²) in [6.07, 6.45) is 1.84. The van der Waals surface area contributed by atoms with E-state index in [0.29, 0.717) is 5.69 Å². The van der Waals surface area contributed by atoms with Gasteiger partial charge in [0.05, 0.1) is 0 Å². The van der Waals surface area contributed by atoms with Gasteiger partial charge in [0.2, 0.25) is 0 Å². The first kappa shape index (κ1) is 9.75. The van der Waals surface area contributed by atoms with Crippen LogP contribution in [0.2, 0.25) is 0 Å². The fraction of sp³-hybridized carbons (Fsp3) is 0.250. The molecule has 0 amide bonds. The number of nitrogens with one attached hydrogen (secondary N) is 1. The highest BCUT2D eigenvalue weighted by Crippen LogP contribution is 2.09. The maximum atomic E-state index is 9.44. The zero-order valence-corrected chi connectivity index (χ0v) is 8.70. The number of fused-ring (bicyclic) bond motifs is 1. The first-order valence-electron chi connectivity index (χ1n) is 4.74. The summed E-state index contributed by atoms with van der Waals surface area (Å²) in [7, 11) is 0. The fourth-order valence-electron chi connectivity index (χ4n) is 1.22. The molecule has 0 saturated carbocycles. The molecule has 0 saturated heterocycles. The van der Waals surface area contributed by atoms with E-state index in [9.17, 15) is 5.11 Å². The molecule has 2 N–H and O–H groups in total. The first-order chi connectivity index (χ1) is 7.04. The summed E-state index contributed by atoms with van der Waals surface area (Å²) < 4.78 is 0. The van der Waals surface area contributed by atoms with Gasteiger partial charge in [-0.2, -0.15) is 0 Å². The lowest BCUT2D eigenvalue weighted by molar-refractivity contribution is 0.143. The third-order valence-corrected chi connectivity index (χ3v) is 1.91. The minimum absolute atomic E-state index is 0.659. The lowest BCUT2D eigenvalue weighted by Crippen LogP contribution is -2.14. The van der Waals surface area contributed by atoms with Gasteiger partial charge in [-0.1, -0.05) is 5.92 Å². The molecule has 0 bridgehead atoms. The van der Waals surface area contributed by atoms with Gasteiger partial charge in [-0.3, -0.25) is 0 Å². The number of aromatic nitrogens is 2. The highest BCUT2D eigenvalue weighted by molar-refractivity contribution is 5.75. The van der Waals surface area contributed by atoms with Crippen molar-refractivity contribution < 1.29 is 5.11 Å². The molecule has 76 valence electrons. The molecule has 2 aromatic rings. The Labute approximate surface area is 88.2 Å². The van der Waals surface area contributed by atoms with Crippen LogP contribution in [-0.2, 0) is 0 Å². The SMILES string of the molecule is CC(C)(O)C#Cc1ccc2cc[nH]c2n1. The summed E-state index contributed by atoms with van der Waals surface area (Å²) in [5, 5.41) is 10.5. The molecule has 0 aromatic carbocycles. The number of nitrogens with zero attached hydrogens (tertiary/aromatic N) is 1. The number of H-pyrrole nitrogens is 1. The van der Waals surface area contributed by atoms with Gasteiger partial charge >= 0.3 is 0 Å². The average molecular weight is 200 g/mol. The van der Waals surface area contributed by atoms with Crippen molar-refractivity contribution >= 4 is 11.0 Å². The summed E-state index contributed by atoms with van der Waals surface area (Å²) in [6, 6.07) is 5.75. The molecule has 0 spiro atoms. The molecular formula is C12H12N2O. The number of hydrogen-bond acceptors (Lipinski definition) is 2. The topological polar surface area (TPSA) is 48.9 Å². The molecule has 3 heteroatoms. The van der Waals surface area contributed by atoms with Crippen molar-refractivity contribution in [3.05, 3.63) is 30.1 Å². The maximum Gasteiger partial charge on any atom is 0.138 e. The molecule has 0 fully saturated rings. The van der Waals surface area contributed by atoms with E-state index in [4.69, 9.17) is 0 Å². The lowest BCUT2D eigenvalue weighted by atomic mass is 10.1. The van der Waals surface area contributed by atoms with Gasteiger partial charge in [-0.15, -0.1) is 0 Å². The Balaban J connectivity index is 2.39. The third-order valence-electron chi connectivity index (χ3n) is 1.91. The van der Waals surface area contributed by atoms with Crippen molar-refractivity contribution in [2.75, 3.05) is 0 Å². The van der Waals surface area contributed by atoms with Gasteiger partial charge < -0.3 is 10.1 Å². The van der Waals surface area contributed by atoms with Gasteiger partial charge in [0, 0.05) is 11.6 Å². The molecule has 0 atom stereocenters. The van der Waals surface area contributed by atoms with Crippen molar-refractivity contribution in [1.82, 2.24) is 9.97 Å². The van der Waals surface area contributed by atoms with E-state index in [1.54, 1.807) is 13.8 Å². The van der Waals surface area contributed by atoms with Crippen molar-refractivity contribution in [2.45, 2.75) is 19.4 Å². The van der Waals surface area contributed by atoms with Gasteiger partial charge in [0.25, 0.3) is 0 Å². The second-order valence-corrected chi connectivity index (χ2v) is 3.92. The summed E-state index contributed by atoms with van der Waals surface area (Å²) >= 11 is 0. The second-order valence-electron chi connectivity index (χ2n) is 3.92. The molecule has 2 rings (SSSR count). The van der Waals surface area contributed by atoms with E-state index in [-0.39, 0.29) is 0 Å². The first-order valence-corrected chi connectivity index (χ1v) is 4.74. The van der Waals surface area contributed by atoms with E-state index in [2.05, 4.69) is 21.8 Å². The highest BCUT2D eigenvalue weighted by Gasteiger charge is 2.06. The monoisotopic (exact) mass is 200 g/mol. The Morgan fingerprint density at radius 2 is 2.13 bits per heavy atom. The Bertz CT molecular complexity index is 538. The number of rotatable bonds is 0. The zero-order valence-electron chi connectivity index (χ0n) is 8.70. The second kappa shape index (κ2) is 3.41. The maximum absolute atomic E-state index is 9.44. The van der Waals surface area contributed by atoms with E-state index >= 15 is 0 Å². The Morgan fingerprint density at radius 1 is 1.33 bits per heavy atom. The number of aromatic amines is 1. The quantitative estimate of drug-likeness (QED) is 0.636. The highest BCUT2D eigenvalue weighted by atomic mass is 16.3. The van der Waals surface area contributed by atoms with Crippen LogP contribution in [0.25, 0.3) is 11.0 Å². The molecule has 15 heavy (non-hydrogen) atoms. The van der Waals surface area contributed by atoms with E-state index in [1.807, 2.05) is 24.4 Å². The minimum atomic E-state index is -0.980. The van der Waals surface area contributed by atoms with Crippen molar-refractivity contribution in [2.24, 2.45) is 0 Å². The number of aliphatic hydroxyl groups is 1. The predicted molar refractivity (Wildman–Crippen MR) is 59.3 cm³/mol. The van der Waals surface area contributed by atoms with Gasteiger partial charge in [0.1, 0.15) is 16.9 Å². The van der Waals surface area contributed by atoms with Gasteiger partial charge in [-0.25, -0.2) is 4.98 Å². The minimum Gasteiger partial charge on any atom is -0.378 e. The van der Waals surface area contributed by atoms with Crippen LogP contribution in [0.15, 0.2) is 24.4 Å². The Morgan fingerprint density at radius 3 is 2.87 bits per heavy atom. The Hall–Kier alpha value is -1.79. The van der Waals surface area contributed by atoms with Crippen LogP contribution >= 0.6 is 0 Å². The average Bonchev–Trinajstić information content (AvgIpc) is 2.60. The molecule has 2 aromatic heterocycles. The molecule has 3 nitrogen and oxygen atoms in total. The summed E-state index contributed by atoms with van der Waals surface area (Å²) in [5.74, 6) is 5.56. The van der Waals surface area contributed by atoms with Crippen LogP contribution in [0.3, 0.4) is 0 Å². The number of hydrogen-bond donors (Lipinski definition) is 2. The summed E-state index contributed by atoms with van der Waals surface area (Å²) in [4.78, 5) is 7.31. The molecular weight excluding hydrogens is 188 g/mol. The predicted octanol–water partition coefficient (Wildman–Crippen LogP) is 1.69. The standard InChI is InChI=1S/C12H12N2O/c1-12(2,15)7-5-10-4-3-9-6-8-13-11(9)14-10/h3-4,6,8,15H,1-2H3,(H,13,14). The normalized spacial score (nSPS) is 11.1. The third kappa shape index (κ3) is 2.36. The molecule has 0 aliphatic heterocycles. The van der Waals surface area contributed by atoms with Crippen molar-refractivity contribution in [1.29, 1.82) is 0 Å². The van der Waals surface area contributed by atoms with Crippen LogP contribution in [0.1, 0.15) is 19.5 Å². The smallest absolute Gasteiger partial charge is 0.138 e. The largest absolute Gasteiger partial charge is 0.378 e. The zero-order chi connectivity index (χ0) is 10.9. The van der Waals surface area contributed by atoms with Gasteiger partial charge in [-0.05, 0) is 38.0 Å². The molecule has 0 radical (unpaired) electrons. The van der Waals surface area contributed by atoms with Crippen molar-refractivity contribution in [3.63, 3.8) is 0 Å². The van der Waals surface area contributed by atoms with Crippen LogP contribution in [0, 0.1) is 11.8 Å². The van der Waals surface area contributed by atoms with E-state index in [1.165, 1.54) is 0 Å². The molecule has 0 aliphatic rings. The fourth-order valence-corrected chi connectivity index (χ4v) is 1.22. The lowest BCUT2D eigenvalue weighted by Gasteiger charge is -2.05.